The van der Waals surface area contributed by atoms with Gasteiger partial charge < -0.3 is 16.1 Å². The van der Waals surface area contributed by atoms with E-state index in [1.165, 1.54) is 38.3 Å². The number of hydrazine groups is 1. The van der Waals surface area contributed by atoms with Gasteiger partial charge in [-0.25, -0.2) is 0 Å². The molecule has 8 nitrogen and oxygen atoms in total. The van der Waals surface area contributed by atoms with Crippen molar-refractivity contribution in [3.05, 3.63) is 58.9 Å². The van der Waals surface area contributed by atoms with Gasteiger partial charge in [-0.3, -0.25) is 15.6 Å². The van der Waals surface area contributed by atoms with Crippen LogP contribution in [0.3, 0.4) is 0 Å². The Bertz CT molecular complexity index is 858. The summed E-state index contributed by atoms with van der Waals surface area (Å²) in [5.41, 5.74) is 6.97. The SMILES string of the molecule is Cc1ccc(N/C=C(\NN)C(=O)NCc2ccc(C3CCCCC3)nn2)c(C)n1. The van der Waals surface area contributed by atoms with Crippen LogP contribution >= 0.6 is 0 Å². The summed E-state index contributed by atoms with van der Waals surface area (Å²) in [5.74, 6) is 5.69. The Hall–Kier alpha value is -3.00. The van der Waals surface area contributed by atoms with Crippen LogP contribution in [0.5, 0.6) is 0 Å². The van der Waals surface area contributed by atoms with Crippen molar-refractivity contribution in [1.29, 1.82) is 0 Å². The predicted octanol–water partition coefficient (Wildman–Crippen LogP) is 2.57. The Labute approximate surface area is 171 Å². The lowest BCUT2D eigenvalue weighted by molar-refractivity contribution is -0.118. The van der Waals surface area contributed by atoms with Gasteiger partial charge in [0, 0.05) is 17.8 Å². The van der Waals surface area contributed by atoms with Gasteiger partial charge in [-0.15, -0.1) is 0 Å². The monoisotopic (exact) mass is 395 g/mol. The molecule has 3 rings (SSSR count). The zero-order valence-corrected chi connectivity index (χ0v) is 17.0. The van der Waals surface area contributed by atoms with Gasteiger partial charge in [0.1, 0.15) is 5.70 Å². The molecule has 0 spiro atoms. The first-order valence-corrected chi connectivity index (χ1v) is 10.0. The summed E-state index contributed by atoms with van der Waals surface area (Å²) in [4.78, 5) is 16.8. The Morgan fingerprint density at radius 3 is 2.59 bits per heavy atom. The Balaban J connectivity index is 1.55. The summed E-state index contributed by atoms with van der Waals surface area (Å²) < 4.78 is 0. The van der Waals surface area contributed by atoms with E-state index < -0.39 is 0 Å². The number of nitrogens with two attached hydrogens (primary N) is 1. The molecule has 0 bridgehead atoms. The number of rotatable bonds is 7. The van der Waals surface area contributed by atoms with E-state index >= 15 is 0 Å². The number of hydrogen-bond acceptors (Lipinski definition) is 7. The molecular formula is C21H29N7O. The molecule has 0 atom stereocenters. The quantitative estimate of drug-likeness (QED) is 0.323. The van der Waals surface area contributed by atoms with Crippen LogP contribution in [0.15, 0.2) is 36.2 Å². The number of amides is 1. The van der Waals surface area contributed by atoms with Gasteiger partial charge in [0.15, 0.2) is 0 Å². The van der Waals surface area contributed by atoms with E-state index in [-0.39, 0.29) is 18.1 Å². The van der Waals surface area contributed by atoms with Gasteiger partial charge in [-0.2, -0.15) is 10.2 Å². The van der Waals surface area contributed by atoms with E-state index in [4.69, 9.17) is 5.84 Å². The van der Waals surface area contributed by atoms with Crippen molar-refractivity contribution in [3.63, 3.8) is 0 Å². The molecule has 0 aromatic carbocycles. The molecule has 1 fully saturated rings. The highest BCUT2D eigenvalue weighted by Gasteiger charge is 2.17. The molecule has 0 unspecified atom stereocenters. The number of nitrogens with one attached hydrogen (secondary N) is 3. The first-order valence-electron chi connectivity index (χ1n) is 10.0. The number of aryl methyl sites for hydroxylation is 2. The second-order valence-corrected chi connectivity index (χ2v) is 7.40. The lowest BCUT2D eigenvalue weighted by Crippen LogP contribution is -2.35. The van der Waals surface area contributed by atoms with E-state index in [0.717, 1.165) is 22.8 Å². The minimum Gasteiger partial charge on any atom is -0.358 e. The van der Waals surface area contributed by atoms with Crippen molar-refractivity contribution in [2.75, 3.05) is 5.32 Å². The van der Waals surface area contributed by atoms with Crippen LogP contribution < -0.4 is 21.9 Å². The number of nitrogens with zero attached hydrogens (tertiary/aromatic N) is 3. The first kappa shape index (κ1) is 20.7. The van der Waals surface area contributed by atoms with Crippen molar-refractivity contribution in [1.82, 2.24) is 25.9 Å². The third kappa shape index (κ3) is 5.74. The molecule has 2 aromatic heterocycles. The lowest BCUT2D eigenvalue weighted by Gasteiger charge is -2.20. The second kappa shape index (κ2) is 9.97. The topological polar surface area (TPSA) is 118 Å². The van der Waals surface area contributed by atoms with Crippen LogP contribution in [0.25, 0.3) is 0 Å². The molecule has 2 heterocycles. The largest absolute Gasteiger partial charge is 0.358 e. The fraction of sp³-hybridized carbons (Fsp3) is 0.429. The Morgan fingerprint density at radius 2 is 1.93 bits per heavy atom. The molecular weight excluding hydrogens is 366 g/mol. The fourth-order valence-electron chi connectivity index (χ4n) is 3.51. The average Bonchev–Trinajstić information content (AvgIpc) is 2.75. The molecule has 0 saturated heterocycles. The molecule has 5 N–H and O–H groups in total. The first-order chi connectivity index (χ1) is 14.1. The van der Waals surface area contributed by atoms with Gasteiger partial charge in [-0.05, 0) is 51.0 Å². The van der Waals surface area contributed by atoms with E-state index in [2.05, 4.69) is 31.2 Å². The lowest BCUT2D eigenvalue weighted by atomic mass is 9.87. The number of carbonyl (C=O) groups is 1. The molecule has 0 aliphatic heterocycles. The van der Waals surface area contributed by atoms with Crippen LogP contribution in [0.2, 0.25) is 0 Å². The van der Waals surface area contributed by atoms with Gasteiger partial charge in [0.25, 0.3) is 5.91 Å². The van der Waals surface area contributed by atoms with Crippen molar-refractivity contribution in [2.45, 2.75) is 58.4 Å². The molecule has 0 radical (unpaired) electrons. The zero-order valence-electron chi connectivity index (χ0n) is 17.0. The van der Waals surface area contributed by atoms with E-state index in [1.54, 1.807) is 0 Å². The molecule has 2 aromatic rings. The highest BCUT2D eigenvalue weighted by molar-refractivity contribution is 5.92. The summed E-state index contributed by atoms with van der Waals surface area (Å²) in [7, 11) is 0. The normalized spacial score (nSPS) is 15.1. The minimum absolute atomic E-state index is 0.205. The van der Waals surface area contributed by atoms with Gasteiger partial charge >= 0.3 is 0 Å². The van der Waals surface area contributed by atoms with Crippen LogP contribution in [0.1, 0.15) is 60.8 Å². The van der Waals surface area contributed by atoms with Crippen molar-refractivity contribution in [2.24, 2.45) is 5.84 Å². The second-order valence-electron chi connectivity index (χ2n) is 7.40. The Morgan fingerprint density at radius 1 is 1.14 bits per heavy atom. The van der Waals surface area contributed by atoms with Crippen LogP contribution in [0, 0.1) is 13.8 Å². The minimum atomic E-state index is -0.337. The summed E-state index contributed by atoms with van der Waals surface area (Å²) in [5, 5.41) is 14.5. The average molecular weight is 396 g/mol. The zero-order chi connectivity index (χ0) is 20.6. The van der Waals surface area contributed by atoms with Crippen LogP contribution in [-0.4, -0.2) is 21.1 Å². The maximum Gasteiger partial charge on any atom is 0.270 e. The standard InChI is InChI=1S/C21H29N7O/c1-14-8-10-18(15(2)25-14)23-13-20(26-22)21(29)24-12-17-9-11-19(28-27-17)16-6-4-3-5-7-16/h8-11,13,16,23,26H,3-7,12,22H2,1-2H3,(H,24,29)/b20-13-. The molecule has 1 saturated carbocycles. The molecule has 154 valence electrons. The summed E-state index contributed by atoms with van der Waals surface area (Å²) >= 11 is 0. The van der Waals surface area contributed by atoms with Crippen molar-refractivity contribution in [3.8, 4) is 0 Å². The van der Waals surface area contributed by atoms with E-state index in [9.17, 15) is 4.79 Å². The van der Waals surface area contributed by atoms with Gasteiger partial charge in [0.2, 0.25) is 0 Å². The molecule has 8 heteroatoms. The molecule has 1 aliphatic rings. The van der Waals surface area contributed by atoms with Crippen LogP contribution in [0.4, 0.5) is 5.69 Å². The summed E-state index contributed by atoms with van der Waals surface area (Å²) in [6.07, 6.45) is 7.73. The van der Waals surface area contributed by atoms with Crippen LogP contribution in [-0.2, 0) is 11.3 Å². The number of hydrogen-bond donors (Lipinski definition) is 4. The van der Waals surface area contributed by atoms with Crippen molar-refractivity contribution >= 4 is 11.6 Å². The van der Waals surface area contributed by atoms with E-state index in [1.807, 2.05) is 38.1 Å². The fourth-order valence-corrected chi connectivity index (χ4v) is 3.51. The van der Waals surface area contributed by atoms with Gasteiger partial charge in [-0.1, -0.05) is 19.3 Å². The third-order valence-corrected chi connectivity index (χ3v) is 5.19. The highest BCUT2D eigenvalue weighted by Crippen LogP contribution is 2.31. The number of pyridine rings is 1. The van der Waals surface area contributed by atoms with E-state index in [0.29, 0.717) is 11.6 Å². The van der Waals surface area contributed by atoms with Crippen molar-refractivity contribution < 1.29 is 4.79 Å². The number of carbonyl (C=O) groups excluding carboxylic acids is 1. The maximum absolute atomic E-state index is 12.4. The maximum atomic E-state index is 12.4. The smallest absolute Gasteiger partial charge is 0.270 e. The summed E-state index contributed by atoms with van der Waals surface area (Å²) in [6, 6.07) is 7.76. The number of anilines is 1. The summed E-state index contributed by atoms with van der Waals surface area (Å²) in [6.45, 7) is 4.10. The Kier molecular flexibility index (Phi) is 7.13. The van der Waals surface area contributed by atoms with Gasteiger partial charge in [0.05, 0.1) is 29.3 Å². The molecule has 1 aliphatic carbocycles. The predicted molar refractivity (Wildman–Crippen MR) is 112 cm³/mol. The highest BCUT2D eigenvalue weighted by atomic mass is 16.2. The number of aromatic nitrogens is 3. The third-order valence-electron chi connectivity index (χ3n) is 5.19. The molecule has 1 amide bonds. The molecule has 29 heavy (non-hydrogen) atoms.